The zero-order valence-electron chi connectivity index (χ0n) is 29.6. The predicted molar refractivity (Wildman–Crippen MR) is 191 cm³/mol. The summed E-state index contributed by atoms with van der Waals surface area (Å²) < 4.78 is 11.8. The molecule has 12 heteroatoms. The number of nitrogens with zero attached hydrogens (tertiary/aromatic N) is 4. The Hall–Kier alpha value is -4.16. The van der Waals surface area contributed by atoms with Crippen molar-refractivity contribution in [3.8, 4) is 0 Å². The molecule has 2 aromatic carbocycles. The highest BCUT2D eigenvalue weighted by Gasteiger charge is 2.30. The number of carbonyl (C=O) groups excluding carboxylic acids is 4. The van der Waals surface area contributed by atoms with Crippen molar-refractivity contribution in [2.45, 2.75) is 76.4 Å². The van der Waals surface area contributed by atoms with Gasteiger partial charge in [0.15, 0.2) is 0 Å². The second-order valence-corrected chi connectivity index (χ2v) is 13.9. The number of carbonyl (C=O) groups is 4. The first-order valence-corrected chi connectivity index (χ1v) is 18.3. The molecule has 0 aromatic heterocycles. The van der Waals surface area contributed by atoms with E-state index in [4.69, 9.17) is 20.9 Å². The first-order chi connectivity index (χ1) is 24.2. The van der Waals surface area contributed by atoms with Gasteiger partial charge in [-0.05, 0) is 98.8 Å². The molecule has 2 atom stereocenters. The van der Waals surface area contributed by atoms with Gasteiger partial charge in [-0.3, -0.25) is 9.59 Å². The van der Waals surface area contributed by atoms with Gasteiger partial charge in [-0.25, -0.2) is 9.59 Å². The number of hydrogen-bond donors (Lipinski definition) is 2. The van der Waals surface area contributed by atoms with E-state index in [1.165, 1.54) is 0 Å². The third-order valence-corrected chi connectivity index (χ3v) is 10.4. The fourth-order valence-electron chi connectivity index (χ4n) is 6.83. The van der Waals surface area contributed by atoms with Crippen molar-refractivity contribution >= 4 is 24.0 Å². The molecule has 2 saturated heterocycles. The van der Waals surface area contributed by atoms with Gasteiger partial charge in [0.05, 0.1) is 0 Å². The van der Waals surface area contributed by atoms with Crippen LogP contribution in [0.5, 0.6) is 0 Å². The largest absolute Gasteiger partial charge is 0.446 e. The molecule has 2 aliphatic heterocycles. The smallest absolute Gasteiger partial charge is 0.410 e. The van der Waals surface area contributed by atoms with E-state index in [2.05, 4.69) is 13.8 Å². The van der Waals surface area contributed by atoms with E-state index in [0.29, 0.717) is 102 Å². The maximum absolute atomic E-state index is 13.0. The highest BCUT2D eigenvalue weighted by Crippen LogP contribution is 2.24. The molecule has 2 unspecified atom stereocenters. The van der Waals surface area contributed by atoms with Gasteiger partial charge in [-0.15, -0.1) is 0 Å². The van der Waals surface area contributed by atoms with Gasteiger partial charge < -0.3 is 40.5 Å². The Morgan fingerprint density at radius 2 is 0.860 bits per heavy atom. The third kappa shape index (κ3) is 9.54. The van der Waals surface area contributed by atoms with E-state index in [1.54, 1.807) is 19.6 Å². The quantitative estimate of drug-likeness (QED) is 0.414. The molecule has 1 aliphatic carbocycles. The Kier molecular flexibility index (Phi) is 13.1. The summed E-state index contributed by atoms with van der Waals surface area (Å²) in [5.41, 5.74) is 15.0. The predicted octanol–water partition coefficient (Wildman–Crippen LogP) is 4.39. The van der Waals surface area contributed by atoms with Crippen molar-refractivity contribution in [2.75, 3.05) is 65.4 Å². The van der Waals surface area contributed by atoms with E-state index in [1.807, 2.05) is 48.5 Å². The molecule has 5 rings (SSSR count). The summed E-state index contributed by atoms with van der Waals surface area (Å²) in [6, 6.07) is 15.2. The van der Waals surface area contributed by atoms with Crippen LogP contribution in [0.3, 0.4) is 0 Å². The van der Waals surface area contributed by atoms with Gasteiger partial charge in [-0.1, -0.05) is 38.1 Å². The van der Waals surface area contributed by atoms with E-state index >= 15 is 0 Å². The first kappa shape index (κ1) is 37.1. The summed E-state index contributed by atoms with van der Waals surface area (Å²) in [7, 11) is 0. The minimum absolute atomic E-state index is 0.0343. The molecule has 4 amide bonds. The van der Waals surface area contributed by atoms with Gasteiger partial charge in [-0.2, -0.15) is 0 Å². The van der Waals surface area contributed by atoms with Gasteiger partial charge in [0, 0.05) is 63.5 Å². The van der Waals surface area contributed by atoms with E-state index in [-0.39, 0.29) is 48.0 Å². The van der Waals surface area contributed by atoms with Gasteiger partial charge >= 0.3 is 12.2 Å². The van der Waals surface area contributed by atoms with Crippen molar-refractivity contribution in [3.05, 3.63) is 70.8 Å². The van der Waals surface area contributed by atoms with Crippen molar-refractivity contribution in [1.29, 1.82) is 0 Å². The summed E-state index contributed by atoms with van der Waals surface area (Å²) in [5.74, 6) is 0.412. The monoisotopic (exact) mass is 690 g/mol. The van der Waals surface area contributed by atoms with Gasteiger partial charge in [0.1, 0.15) is 12.2 Å². The molecular formula is C38H54N6O6. The molecule has 0 spiro atoms. The minimum Gasteiger partial charge on any atom is -0.446 e. The lowest BCUT2D eigenvalue weighted by Crippen LogP contribution is -2.51. The van der Waals surface area contributed by atoms with Crippen molar-refractivity contribution in [2.24, 2.45) is 11.5 Å². The summed E-state index contributed by atoms with van der Waals surface area (Å²) in [5, 5.41) is 0. The molecule has 1 saturated carbocycles. The van der Waals surface area contributed by atoms with Crippen molar-refractivity contribution in [1.82, 2.24) is 19.6 Å². The maximum atomic E-state index is 13.0. The van der Waals surface area contributed by atoms with Crippen LogP contribution in [0.2, 0.25) is 0 Å². The van der Waals surface area contributed by atoms with Crippen LogP contribution < -0.4 is 11.5 Å². The van der Waals surface area contributed by atoms with Crippen LogP contribution in [-0.2, 0) is 9.47 Å². The number of piperazine rings is 2. The molecule has 0 bridgehead atoms. The topological polar surface area (TPSA) is 152 Å². The van der Waals surface area contributed by atoms with Crippen molar-refractivity contribution < 1.29 is 28.7 Å². The average molecular weight is 691 g/mol. The van der Waals surface area contributed by atoms with Crippen LogP contribution >= 0.6 is 0 Å². The molecule has 0 radical (unpaired) electrons. The van der Waals surface area contributed by atoms with Crippen molar-refractivity contribution in [3.63, 3.8) is 0 Å². The molecule has 12 nitrogen and oxygen atoms in total. The Labute approximate surface area is 296 Å². The minimum atomic E-state index is -0.332. The fourth-order valence-corrected chi connectivity index (χ4v) is 6.83. The van der Waals surface area contributed by atoms with Gasteiger partial charge in [0.2, 0.25) is 0 Å². The SMILES string of the molecule is CC(CN)c1ccc(C(=O)N2CCN(C(=O)OC3CCCC(OC(=O)N4CCN(C(=O)c5ccc(C(C)CN)cc5)CC4)CCC3)CC2)cc1. The van der Waals surface area contributed by atoms with Crippen LogP contribution in [0.15, 0.2) is 48.5 Å². The van der Waals surface area contributed by atoms with Crippen LogP contribution in [0, 0.1) is 0 Å². The normalized spacial score (nSPS) is 21.4. The van der Waals surface area contributed by atoms with E-state index < -0.39 is 0 Å². The van der Waals surface area contributed by atoms with Gasteiger partial charge in [0.25, 0.3) is 11.8 Å². The van der Waals surface area contributed by atoms with E-state index in [0.717, 1.165) is 24.0 Å². The molecule has 4 N–H and O–H groups in total. The Balaban J connectivity index is 0.984. The summed E-state index contributed by atoms with van der Waals surface area (Å²) in [4.78, 5) is 59.0. The Bertz CT molecular complexity index is 1320. The lowest BCUT2D eigenvalue weighted by molar-refractivity contribution is 0.0165. The average Bonchev–Trinajstić information content (AvgIpc) is 3.15. The lowest BCUT2D eigenvalue weighted by atomic mass is 9.96. The fraction of sp³-hybridized carbons (Fsp3) is 0.579. The number of amides is 4. The summed E-state index contributed by atoms with van der Waals surface area (Å²) in [6.07, 6.45) is 3.39. The Morgan fingerprint density at radius 3 is 1.16 bits per heavy atom. The number of ether oxygens (including phenoxy) is 2. The number of hydrogen-bond acceptors (Lipinski definition) is 8. The zero-order chi connectivity index (χ0) is 35.6. The number of nitrogens with two attached hydrogens (primary N) is 2. The molecule has 50 heavy (non-hydrogen) atoms. The second-order valence-electron chi connectivity index (χ2n) is 13.9. The highest BCUT2D eigenvalue weighted by atomic mass is 16.6. The second kappa shape index (κ2) is 17.7. The van der Waals surface area contributed by atoms with E-state index in [9.17, 15) is 19.2 Å². The molecule has 3 aliphatic rings. The van der Waals surface area contributed by atoms with Crippen LogP contribution in [0.4, 0.5) is 9.59 Å². The molecule has 3 fully saturated rings. The van der Waals surface area contributed by atoms with Crippen LogP contribution in [0.1, 0.15) is 96.1 Å². The molecule has 2 heterocycles. The molecule has 2 aromatic rings. The number of rotatable bonds is 8. The van der Waals surface area contributed by atoms with Crippen LogP contribution in [0.25, 0.3) is 0 Å². The summed E-state index contributed by atoms with van der Waals surface area (Å²) in [6.45, 7) is 8.79. The lowest BCUT2D eigenvalue weighted by Gasteiger charge is -2.36. The summed E-state index contributed by atoms with van der Waals surface area (Å²) >= 11 is 0. The zero-order valence-corrected chi connectivity index (χ0v) is 29.6. The standard InChI is InChI=1S/C38H54N6O6/c1-27(25-39)29-9-13-31(14-10-29)35(45)41-17-21-43(22-18-41)37(47)49-33-5-3-7-34(8-4-6-33)50-38(48)44-23-19-42(20-24-44)36(46)32-15-11-30(12-16-32)28(2)26-40/h9-16,27-28,33-34H,3-8,17-26,39-40H2,1-2H3. The number of benzene rings is 2. The Morgan fingerprint density at radius 1 is 0.560 bits per heavy atom. The highest BCUT2D eigenvalue weighted by molar-refractivity contribution is 5.95. The first-order valence-electron chi connectivity index (χ1n) is 18.3. The van der Waals surface area contributed by atoms with Crippen LogP contribution in [-0.4, -0.2) is 121 Å². The molecule has 272 valence electrons. The maximum Gasteiger partial charge on any atom is 0.410 e. The third-order valence-electron chi connectivity index (χ3n) is 10.4. The molecular weight excluding hydrogens is 636 g/mol.